The van der Waals surface area contributed by atoms with E-state index in [9.17, 15) is 4.79 Å². The van der Waals surface area contributed by atoms with Crippen LogP contribution in [0, 0.1) is 13.8 Å². The van der Waals surface area contributed by atoms with E-state index in [1.54, 1.807) is 23.1 Å². The fourth-order valence-electron chi connectivity index (χ4n) is 1.45. The lowest BCUT2D eigenvalue weighted by molar-refractivity contribution is -0.121. The number of nitrogens with zero attached hydrogens (tertiary/aromatic N) is 1. The van der Waals surface area contributed by atoms with Crippen LogP contribution < -0.4 is 5.32 Å². The number of hydrogen-bond acceptors (Lipinski definition) is 4. The Bertz CT molecular complexity index is 357. The van der Waals surface area contributed by atoms with Crippen LogP contribution in [0.1, 0.15) is 41.4 Å². The maximum Gasteiger partial charge on any atom is 0.221 e. The molecule has 0 fully saturated rings. The first kappa shape index (κ1) is 14.5. The van der Waals surface area contributed by atoms with Gasteiger partial charge in [-0.1, -0.05) is 6.92 Å². The molecule has 96 valence electrons. The molecular formula is C12H20N2OS2. The van der Waals surface area contributed by atoms with E-state index in [2.05, 4.69) is 24.1 Å². The number of carbonyl (C=O) groups is 1. The van der Waals surface area contributed by atoms with Crippen LogP contribution in [-0.2, 0) is 4.79 Å². The molecule has 1 heterocycles. The molecule has 1 atom stereocenters. The van der Waals surface area contributed by atoms with Crippen LogP contribution in [0.25, 0.3) is 0 Å². The minimum Gasteiger partial charge on any atom is -0.347 e. The summed E-state index contributed by atoms with van der Waals surface area (Å²) in [6, 6.07) is 0.0711. The standard InChI is InChI=1S/C12H20N2OS2/c1-5-10(14-11(15)6-7-16-4)12-13-8(2)9(3)17-12/h10H,5-7H2,1-4H3,(H,14,15). The highest BCUT2D eigenvalue weighted by Crippen LogP contribution is 2.24. The molecule has 0 aliphatic carbocycles. The molecule has 1 N–H and O–H groups in total. The van der Waals surface area contributed by atoms with Gasteiger partial charge in [0.25, 0.3) is 0 Å². The highest BCUT2D eigenvalue weighted by molar-refractivity contribution is 7.98. The van der Waals surface area contributed by atoms with Gasteiger partial charge in [0.05, 0.1) is 11.7 Å². The average Bonchev–Trinajstić information content (AvgIpc) is 2.63. The molecule has 0 radical (unpaired) electrons. The van der Waals surface area contributed by atoms with Gasteiger partial charge in [0, 0.05) is 17.1 Å². The largest absolute Gasteiger partial charge is 0.347 e. The summed E-state index contributed by atoms with van der Waals surface area (Å²) in [6.07, 6.45) is 3.48. The molecule has 1 aromatic heterocycles. The van der Waals surface area contributed by atoms with Crippen molar-refractivity contribution in [3.05, 3.63) is 15.6 Å². The molecule has 0 aliphatic rings. The quantitative estimate of drug-likeness (QED) is 0.865. The normalized spacial score (nSPS) is 12.5. The lowest BCUT2D eigenvalue weighted by atomic mass is 10.2. The van der Waals surface area contributed by atoms with Gasteiger partial charge in [-0.15, -0.1) is 11.3 Å². The van der Waals surface area contributed by atoms with E-state index in [0.717, 1.165) is 22.9 Å². The zero-order chi connectivity index (χ0) is 12.8. The van der Waals surface area contributed by atoms with E-state index in [1.807, 2.05) is 13.2 Å². The van der Waals surface area contributed by atoms with Gasteiger partial charge in [-0.2, -0.15) is 11.8 Å². The lowest BCUT2D eigenvalue weighted by Crippen LogP contribution is -2.28. The van der Waals surface area contributed by atoms with E-state index in [4.69, 9.17) is 0 Å². The molecular weight excluding hydrogens is 252 g/mol. The zero-order valence-corrected chi connectivity index (χ0v) is 12.5. The van der Waals surface area contributed by atoms with Crippen molar-refractivity contribution < 1.29 is 4.79 Å². The first-order chi connectivity index (χ1) is 8.08. The van der Waals surface area contributed by atoms with Crippen LogP contribution >= 0.6 is 23.1 Å². The topological polar surface area (TPSA) is 42.0 Å². The van der Waals surface area contributed by atoms with Gasteiger partial charge in [0.2, 0.25) is 5.91 Å². The molecule has 5 heteroatoms. The second-order valence-corrected chi connectivity index (χ2v) is 6.19. The third-order valence-corrected chi connectivity index (χ3v) is 4.42. The Morgan fingerprint density at radius 1 is 1.53 bits per heavy atom. The van der Waals surface area contributed by atoms with E-state index in [-0.39, 0.29) is 11.9 Å². The van der Waals surface area contributed by atoms with Crippen molar-refractivity contribution >= 4 is 29.0 Å². The number of aromatic nitrogens is 1. The van der Waals surface area contributed by atoms with Gasteiger partial charge in [0.15, 0.2) is 0 Å². The number of rotatable bonds is 6. The number of carbonyl (C=O) groups excluding carboxylic acids is 1. The summed E-state index contributed by atoms with van der Waals surface area (Å²) in [5.41, 5.74) is 1.07. The second kappa shape index (κ2) is 7.01. The molecule has 1 unspecified atom stereocenters. The minimum absolute atomic E-state index is 0.0711. The van der Waals surface area contributed by atoms with E-state index < -0.39 is 0 Å². The van der Waals surface area contributed by atoms with Gasteiger partial charge >= 0.3 is 0 Å². The van der Waals surface area contributed by atoms with Crippen LogP contribution in [-0.4, -0.2) is 22.9 Å². The highest BCUT2D eigenvalue weighted by Gasteiger charge is 2.16. The molecule has 3 nitrogen and oxygen atoms in total. The Labute approximate surface area is 111 Å². The van der Waals surface area contributed by atoms with Gasteiger partial charge in [0.1, 0.15) is 5.01 Å². The Morgan fingerprint density at radius 2 is 2.24 bits per heavy atom. The smallest absolute Gasteiger partial charge is 0.221 e. The molecule has 1 aromatic rings. The van der Waals surface area contributed by atoms with Crippen molar-refractivity contribution in [3.8, 4) is 0 Å². The second-order valence-electron chi connectivity index (χ2n) is 3.96. The van der Waals surface area contributed by atoms with Crippen molar-refractivity contribution in [1.29, 1.82) is 0 Å². The molecule has 0 bridgehead atoms. The van der Waals surface area contributed by atoms with Gasteiger partial charge in [-0.05, 0) is 26.5 Å². The molecule has 0 aromatic carbocycles. The van der Waals surface area contributed by atoms with Gasteiger partial charge in [-0.3, -0.25) is 4.79 Å². The molecule has 0 aliphatic heterocycles. The highest BCUT2D eigenvalue weighted by atomic mass is 32.2. The van der Waals surface area contributed by atoms with Crippen LogP contribution in [0.15, 0.2) is 0 Å². The van der Waals surface area contributed by atoms with Crippen molar-refractivity contribution in [3.63, 3.8) is 0 Å². The van der Waals surface area contributed by atoms with Crippen LogP contribution in [0.4, 0.5) is 0 Å². The summed E-state index contributed by atoms with van der Waals surface area (Å²) in [5.74, 6) is 0.995. The number of thiazole rings is 1. The maximum atomic E-state index is 11.7. The summed E-state index contributed by atoms with van der Waals surface area (Å²) in [6.45, 7) is 6.15. The molecule has 0 saturated carbocycles. The van der Waals surface area contributed by atoms with Crippen molar-refractivity contribution in [2.24, 2.45) is 0 Å². The summed E-state index contributed by atoms with van der Waals surface area (Å²) in [7, 11) is 0. The number of amides is 1. The summed E-state index contributed by atoms with van der Waals surface area (Å²) >= 11 is 3.37. The monoisotopic (exact) mass is 272 g/mol. The van der Waals surface area contributed by atoms with Crippen molar-refractivity contribution in [2.75, 3.05) is 12.0 Å². The van der Waals surface area contributed by atoms with E-state index in [0.29, 0.717) is 6.42 Å². The Morgan fingerprint density at radius 3 is 2.71 bits per heavy atom. The van der Waals surface area contributed by atoms with Crippen LogP contribution in [0.2, 0.25) is 0 Å². The first-order valence-corrected chi connectivity index (χ1v) is 8.01. The minimum atomic E-state index is 0.0711. The number of aryl methyl sites for hydroxylation is 2. The van der Waals surface area contributed by atoms with E-state index in [1.165, 1.54) is 4.88 Å². The first-order valence-electron chi connectivity index (χ1n) is 5.80. The third kappa shape index (κ3) is 4.32. The van der Waals surface area contributed by atoms with Crippen molar-refractivity contribution in [1.82, 2.24) is 10.3 Å². The predicted octanol–water partition coefficient (Wildman–Crippen LogP) is 3.08. The molecule has 1 rings (SSSR count). The van der Waals surface area contributed by atoms with Gasteiger partial charge in [-0.25, -0.2) is 4.98 Å². The maximum absolute atomic E-state index is 11.7. The van der Waals surface area contributed by atoms with Crippen LogP contribution in [0.5, 0.6) is 0 Å². The lowest BCUT2D eigenvalue weighted by Gasteiger charge is -2.14. The Hall–Kier alpha value is -0.550. The zero-order valence-electron chi connectivity index (χ0n) is 10.9. The fourth-order valence-corrected chi connectivity index (χ4v) is 2.89. The molecule has 0 spiro atoms. The average molecular weight is 272 g/mol. The summed E-state index contributed by atoms with van der Waals surface area (Å²) in [5, 5.41) is 4.08. The Balaban J connectivity index is 2.62. The summed E-state index contributed by atoms with van der Waals surface area (Å²) < 4.78 is 0. The number of hydrogen-bond donors (Lipinski definition) is 1. The van der Waals surface area contributed by atoms with Gasteiger partial charge < -0.3 is 5.32 Å². The molecule has 17 heavy (non-hydrogen) atoms. The Kier molecular flexibility index (Phi) is 5.98. The number of nitrogens with one attached hydrogen (secondary N) is 1. The van der Waals surface area contributed by atoms with E-state index >= 15 is 0 Å². The molecule has 0 saturated heterocycles. The fraction of sp³-hybridized carbons (Fsp3) is 0.667. The molecule has 1 amide bonds. The summed E-state index contributed by atoms with van der Waals surface area (Å²) in [4.78, 5) is 17.4. The van der Waals surface area contributed by atoms with Crippen molar-refractivity contribution in [2.45, 2.75) is 39.7 Å². The van der Waals surface area contributed by atoms with Crippen LogP contribution in [0.3, 0.4) is 0 Å². The predicted molar refractivity (Wildman–Crippen MR) is 75.8 cm³/mol. The number of thioether (sulfide) groups is 1. The third-order valence-electron chi connectivity index (χ3n) is 2.62. The SMILES string of the molecule is CCC(NC(=O)CCSC)c1nc(C)c(C)s1.